The molecule has 0 saturated heterocycles. The van der Waals surface area contributed by atoms with E-state index in [-0.39, 0.29) is 18.3 Å². The van der Waals surface area contributed by atoms with E-state index in [1.165, 1.54) is 12.1 Å². The lowest BCUT2D eigenvalue weighted by Gasteiger charge is -2.19. The molecule has 1 atom stereocenters. The molecule has 0 aliphatic carbocycles. The van der Waals surface area contributed by atoms with Crippen molar-refractivity contribution in [2.24, 2.45) is 0 Å². The summed E-state index contributed by atoms with van der Waals surface area (Å²) < 4.78 is 53.6. The highest BCUT2D eigenvalue weighted by atomic mass is 32.2. The lowest BCUT2D eigenvalue weighted by atomic mass is 9.88. The molecule has 1 heterocycles. The molecule has 0 spiro atoms. The van der Waals surface area contributed by atoms with Gasteiger partial charge in [-0.2, -0.15) is 5.10 Å². The lowest BCUT2D eigenvalue weighted by molar-refractivity contribution is 0.512. The second-order valence-corrected chi connectivity index (χ2v) is 9.43. The maximum Gasteiger partial charge on any atom is 0.214 e. The molecular formula is C24H23F2N3O2S. The third-order valence-corrected chi connectivity index (χ3v) is 6.70. The molecule has 0 amide bonds. The molecule has 5 nitrogen and oxygen atoms in total. The molecule has 1 N–H and O–H groups in total. The van der Waals surface area contributed by atoms with Crippen molar-refractivity contribution in [2.45, 2.75) is 12.3 Å². The second-order valence-electron chi connectivity index (χ2n) is 7.51. The molecule has 0 radical (unpaired) electrons. The van der Waals surface area contributed by atoms with Gasteiger partial charge in [-0.1, -0.05) is 36.4 Å². The van der Waals surface area contributed by atoms with Gasteiger partial charge >= 0.3 is 0 Å². The van der Waals surface area contributed by atoms with Gasteiger partial charge < -0.3 is 0 Å². The summed E-state index contributed by atoms with van der Waals surface area (Å²) in [5, 5.41) is 5.37. The van der Waals surface area contributed by atoms with Gasteiger partial charge in [-0.25, -0.2) is 26.6 Å². The largest absolute Gasteiger partial charge is 0.250 e. The normalized spacial score (nSPS) is 12.8. The van der Waals surface area contributed by atoms with Crippen LogP contribution in [0.5, 0.6) is 0 Å². The van der Waals surface area contributed by atoms with E-state index in [0.29, 0.717) is 6.42 Å². The smallest absolute Gasteiger partial charge is 0.214 e. The molecule has 0 saturated carbocycles. The van der Waals surface area contributed by atoms with Gasteiger partial charge in [-0.15, -0.1) is 0 Å². The third-order valence-electron chi connectivity index (χ3n) is 5.37. The minimum Gasteiger partial charge on any atom is -0.250 e. The number of fused-ring (bicyclic) bond motifs is 1. The average molecular weight is 456 g/mol. The van der Waals surface area contributed by atoms with Gasteiger partial charge in [-0.3, -0.25) is 0 Å². The predicted molar refractivity (Wildman–Crippen MR) is 122 cm³/mol. The fourth-order valence-corrected chi connectivity index (χ4v) is 4.58. The van der Waals surface area contributed by atoms with E-state index in [2.05, 4.69) is 9.82 Å². The van der Waals surface area contributed by atoms with Gasteiger partial charge in [0.05, 0.1) is 23.2 Å². The monoisotopic (exact) mass is 455 g/mol. The van der Waals surface area contributed by atoms with E-state index in [0.717, 1.165) is 27.7 Å². The van der Waals surface area contributed by atoms with Crippen LogP contribution in [0.1, 0.15) is 23.5 Å². The van der Waals surface area contributed by atoms with E-state index in [4.69, 9.17) is 0 Å². The van der Waals surface area contributed by atoms with Crippen LogP contribution in [-0.2, 0) is 10.0 Å². The van der Waals surface area contributed by atoms with Crippen LogP contribution in [0.15, 0.2) is 79.0 Å². The van der Waals surface area contributed by atoms with Gasteiger partial charge in [0.15, 0.2) is 0 Å². The number of hydrogen-bond donors (Lipinski definition) is 1. The van der Waals surface area contributed by atoms with Crippen LogP contribution >= 0.6 is 0 Å². The van der Waals surface area contributed by atoms with Crippen molar-refractivity contribution >= 4 is 20.9 Å². The summed E-state index contributed by atoms with van der Waals surface area (Å²) in [6.45, 7) is -0.707. The zero-order chi connectivity index (χ0) is 22.6. The highest BCUT2D eigenvalue weighted by Crippen LogP contribution is 2.30. The highest BCUT2D eigenvalue weighted by molar-refractivity contribution is 7.89. The van der Waals surface area contributed by atoms with Gasteiger partial charge in [0.1, 0.15) is 12.5 Å². The van der Waals surface area contributed by atoms with Gasteiger partial charge in [0, 0.05) is 17.8 Å². The zero-order valence-corrected chi connectivity index (χ0v) is 18.1. The van der Waals surface area contributed by atoms with Crippen LogP contribution in [0.3, 0.4) is 0 Å². The minimum absolute atomic E-state index is 0.0529. The fraction of sp³-hybridized carbons (Fsp3) is 0.208. The molecule has 3 aromatic carbocycles. The number of rotatable bonds is 9. The van der Waals surface area contributed by atoms with Gasteiger partial charge in [0.25, 0.3) is 0 Å². The van der Waals surface area contributed by atoms with Crippen LogP contribution in [0.25, 0.3) is 16.6 Å². The van der Waals surface area contributed by atoms with Gasteiger partial charge in [-0.05, 0) is 53.9 Å². The number of benzene rings is 3. The number of aromatic nitrogens is 2. The molecule has 8 heteroatoms. The Bertz CT molecular complexity index is 1290. The summed E-state index contributed by atoms with van der Waals surface area (Å²) in [5.41, 5.74) is 3.72. The highest BCUT2D eigenvalue weighted by Gasteiger charge is 2.17. The molecule has 0 bridgehead atoms. The van der Waals surface area contributed by atoms with Crippen LogP contribution in [0.4, 0.5) is 8.78 Å². The molecule has 166 valence electrons. The Morgan fingerprint density at radius 1 is 0.969 bits per heavy atom. The average Bonchev–Trinajstić information content (AvgIpc) is 3.21. The maximum absolute atomic E-state index is 13.3. The van der Waals surface area contributed by atoms with Gasteiger partial charge in [0.2, 0.25) is 10.0 Å². The number of alkyl halides is 1. The quantitative estimate of drug-likeness (QED) is 0.402. The number of hydrogen-bond acceptors (Lipinski definition) is 3. The number of halogens is 2. The van der Waals surface area contributed by atoms with Crippen molar-refractivity contribution in [1.82, 2.24) is 14.5 Å². The Balaban J connectivity index is 1.63. The Morgan fingerprint density at radius 3 is 2.44 bits per heavy atom. The summed E-state index contributed by atoms with van der Waals surface area (Å²) in [7, 11) is -3.62. The maximum atomic E-state index is 13.3. The van der Waals surface area contributed by atoms with Crippen molar-refractivity contribution in [3.8, 4) is 5.69 Å². The third kappa shape index (κ3) is 5.03. The first-order chi connectivity index (χ1) is 15.5. The molecule has 1 unspecified atom stereocenters. The Kier molecular flexibility index (Phi) is 6.62. The predicted octanol–water partition coefficient (Wildman–Crippen LogP) is 4.58. The summed E-state index contributed by atoms with van der Waals surface area (Å²) in [6.07, 6.45) is 2.28. The van der Waals surface area contributed by atoms with E-state index < -0.39 is 22.5 Å². The Hall–Kier alpha value is -3.10. The summed E-state index contributed by atoms with van der Waals surface area (Å²) >= 11 is 0. The summed E-state index contributed by atoms with van der Waals surface area (Å²) in [5.74, 6) is -0.888. The van der Waals surface area contributed by atoms with Crippen LogP contribution < -0.4 is 4.72 Å². The summed E-state index contributed by atoms with van der Waals surface area (Å²) in [6, 6.07) is 22.0. The van der Waals surface area contributed by atoms with E-state index in [1.807, 2.05) is 48.5 Å². The van der Waals surface area contributed by atoms with Crippen LogP contribution in [0.2, 0.25) is 0 Å². The number of sulfonamides is 1. The Morgan fingerprint density at radius 2 is 1.72 bits per heavy atom. The molecule has 0 fully saturated rings. The van der Waals surface area contributed by atoms with E-state index >= 15 is 0 Å². The first kappa shape index (κ1) is 22.1. The zero-order valence-electron chi connectivity index (χ0n) is 17.3. The fourth-order valence-electron chi connectivity index (χ4n) is 3.80. The van der Waals surface area contributed by atoms with Crippen molar-refractivity contribution in [3.05, 3.63) is 95.9 Å². The standard InChI is InChI=1S/C24H23F2N3O2S/c25-13-15-32(30,31)28-14-12-23(18-4-2-1-3-5-18)19-6-11-24-20(16-19)17-27-29(24)22-9-7-21(26)8-10-22/h1-11,16-17,23,28H,12-15H2. The first-order valence-electron chi connectivity index (χ1n) is 10.3. The number of nitrogens with one attached hydrogen (secondary N) is 1. The molecule has 32 heavy (non-hydrogen) atoms. The first-order valence-corrected chi connectivity index (χ1v) is 11.9. The van der Waals surface area contributed by atoms with Crippen molar-refractivity contribution < 1.29 is 17.2 Å². The minimum atomic E-state index is -3.62. The molecular weight excluding hydrogens is 432 g/mol. The van der Waals surface area contributed by atoms with Crippen LogP contribution in [0, 0.1) is 5.82 Å². The Labute approximate surface area is 185 Å². The summed E-state index contributed by atoms with van der Waals surface area (Å²) in [4.78, 5) is 0. The topological polar surface area (TPSA) is 64.0 Å². The van der Waals surface area contributed by atoms with Crippen molar-refractivity contribution in [2.75, 3.05) is 19.0 Å². The second kappa shape index (κ2) is 9.58. The van der Waals surface area contributed by atoms with E-state index in [9.17, 15) is 17.2 Å². The molecule has 4 aromatic rings. The van der Waals surface area contributed by atoms with E-state index in [1.54, 1.807) is 23.0 Å². The number of nitrogens with zero attached hydrogens (tertiary/aromatic N) is 2. The van der Waals surface area contributed by atoms with Crippen molar-refractivity contribution in [1.29, 1.82) is 0 Å². The molecule has 0 aliphatic heterocycles. The SMILES string of the molecule is O=S(=O)(CCF)NCCC(c1ccccc1)c1ccc2c(cnn2-c2ccc(F)cc2)c1. The lowest BCUT2D eigenvalue weighted by Crippen LogP contribution is -2.29. The molecule has 1 aromatic heterocycles. The van der Waals surface area contributed by atoms with Crippen molar-refractivity contribution in [3.63, 3.8) is 0 Å². The molecule has 0 aliphatic rings. The van der Waals surface area contributed by atoms with Crippen LogP contribution in [-0.4, -0.2) is 37.2 Å². The molecule has 4 rings (SSSR count).